The first-order valence-electron chi connectivity index (χ1n) is 3.16. The van der Waals surface area contributed by atoms with Crippen LogP contribution in [0, 0.1) is 20.4 Å². The maximum Gasteiger partial charge on any atom is 0.271 e. The Hall–Kier alpha value is -0.880. The van der Waals surface area contributed by atoms with Crippen LogP contribution in [0.4, 0.5) is 5.82 Å². The Morgan fingerprint density at radius 2 is 2.18 bits per heavy atom. The Labute approximate surface area is 74.2 Å². The summed E-state index contributed by atoms with van der Waals surface area (Å²) in [7, 11) is 0. The molecule has 1 aromatic rings. The maximum atomic E-state index is 6.75. The molecule has 0 aliphatic heterocycles. The summed E-state index contributed by atoms with van der Waals surface area (Å²) in [4.78, 5) is 7.26. The molecule has 1 aromatic heterocycles. The van der Waals surface area contributed by atoms with Crippen molar-refractivity contribution in [1.29, 1.82) is 0 Å². The van der Waals surface area contributed by atoms with Gasteiger partial charge in [-0.1, -0.05) is 12.1 Å². The zero-order chi connectivity index (χ0) is 8.43. The Balaban J connectivity index is 3.35. The van der Waals surface area contributed by atoms with Gasteiger partial charge < -0.3 is 4.85 Å². The summed E-state index contributed by atoms with van der Waals surface area (Å²) in [6.07, 6.45) is 0. The average Bonchev–Trinajstić information content (AvgIpc) is 1.99. The van der Waals surface area contributed by atoms with Gasteiger partial charge in [-0.3, -0.25) is 0 Å². The zero-order valence-electron chi connectivity index (χ0n) is 6.35. The molecule has 0 fully saturated rings. The Kier molecular flexibility index (Phi) is 2.25. The van der Waals surface area contributed by atoms with Crippen LogP contribution in [-0.2, 0) is 0 Å². The molecule has 1 rings (SSSR count). The van der Waals surface area contributed by atoms with Crippen molar-refractivity contribution in [1.82, 2.24) is 4.98 Å². The van der Waals surface area contributed by atoms with Gasteiger partial charge in [0.1, 0.15) is 0 Å². The second-order valence-corrected chi connectivity index (χ2v) is 3.08. The summed E-state index contributed by atoms with van der Waals surface area (Å²) in [6.45, 7) is 10.7. The van der Waals surface area contributed by atoms with E-state index in [0.717, 1.165) is 15.7 Å². The van der Waals surface area contributed by atoms with Crippen LogP contribution in [0.2, 0.25) is 0 Å². The number of hydrogen-bond donors (Lipinski definition) is 0. The molecule has 11 heavy (non-hydrogen) atoms. The molecule has 56 valence electrons. The molecule has 0 N–H and O–H groups in total. The van der Waals surface area contributed by atoms with Gasteiger partial charge in [0.25, 0.3) is 5.82 Å². The number of aryl methyl sites for hydroxylation is 1. The van der Waals surface area contributed by atoms with E-state index < -0.39 is 0 Å². The minimum Gasteiger partial charge on any atom is -0.361 e. The van der Waals surface area contributed by atoms with Gasteiger partial charge in [0.15, 0.2) is 4.60 Å². The Morgan fingerprint density at radius 1 is 1.55 bits per heavy atom. The summed E-state index contributed by atoms with van der Waals surface area (Å²) < 4.78 is 0.767. The van der Waals surface area contributed by atoms with Crippen molar-refractivity contribution in [2.24, 2.45) is 0 Å². The fourth-order valence-corrected chi connectivity index (χ4v) is 1.23. The van der Waals surface area contributed by atoms with Crippen LogP contribution in [-0.4, -0.2) is 4.98 Å². The Morgan fingerprint density at radius 3 is 2.64 bits per heavy atom. The van der Waals surface area contributed by atoms with Crippen molar-refractivity contribution in [2.45, 2.75) is 13.8 Å². The van der Waals surface area contributed by atoms with E-state index in [9.17, 15) is 0 Å². The molecule has 0 saturated carbocycles. The minimum atomic E-state index is 0.444. The van der Waals surface area contributed by atoms with E-state index in [1.165, 1.54) is 0 Å². The highest BCUT2D eigenvalue weighted by Crippen LogP contribution is 2.21. The van der Waals surface area contributed by atoms with Gasteiger partial charge in [-0.2, -0.15) is 0 Å². The molecule has 0 radical (unpaired) electrons. The third kappa shape index (κ3) is 1.58. The van der Waals surface area contributed by atoms with Crippen molar-refractivity contribution in [3.05, 3.63) is 33.2 Å². The van der Waals surface area contributed by atoms with Crippen molar-refractivity contribution in [3.63, 3.8) is 0 Å². The van der Waals surface area contributed by atoms with E-state index in [4.69, 9.17) is 6.57 Å². The first-order chi connectivity index (χ1) is 5.15. The van der Waals surface area contributed by atoms with Crippen LogP contribution in [0.3, 0.4) is 0 Å². The second kappa shape index (κ2) is 3.02. The van der Waals surface area contributed by atoms with Crippen LogP contribution in [0.15, 0.2) is 10.7 Å². The van der Waals surface area contributed by atoms with Gasteiger partial charge in [0.2, 0.25) is 0 Å². The number of hydrogen-bond acceptors (Lipinski definition) is 1. The second-order valence-electron chi connectivity index (χ2n) is 2.32. The summed E-state index contributed by atoms with van der Waals surface area (Å²) in [6, 6.07) is 1.78. The molecule has 0 aromatic carbocycles. The summed E-state index contributed by atoms with van der Waals surface area (Å²) in [5.74, 6) is 0.444. The van der Waals surface area contributed by atoms with Gasteiger partial charge in [0.05, 0.1) is 0 Å². The molecular weight excluding hydrogens is 204 g/mol. The van der Waals surface area contributed by atoms with Crippen LogP contribution in [0.25, 0.3) is 4.85 Å². The SMILES string of the molecule is [C-]#[N+]c1cc(C)c(C)c(Br)n1. The molecule has 1 heterocycles. The van der Waals surface area contributed by atoms with Crippen LogP contribution in [0.1, 0.15) is 11.1 Å². The molecule has 0 spiro atoms. The first kappa shape index (κ1) is 8.22. The van der Waals surface area contributed by atoms with E-state index in [1.807, 2.05) is 13.8 Å². The number of halogens is 1. The van der Waals surface area contributed by atoms with E-state index >= 15 is 0 Å². The average molecular weight is 211 g/mol. The maximum absolute atomic E-state index is 6.75. The number of pyridine rings is 1. The summed E-state index contributed by atoms with van der Waals surface area (Å²) in [5, 5.41) is 0. The molecular formula is C8H7BrN2. The molecule has 3 heteroatoms. The third-order valence-corrected chi connectivity index (χ3v) is 2.35. The van der Waals surface area contributed by atoms with E-state index in [-0.39, 0.29) is 0 Å². The molecule has 0 amide bonds. The van der Waals surface area contributed by atoms with Crippen molar-refractivity contribution in [2.75, 3.05) is 0 Å². The molecule has 0 atom stereocenters. The lowest BCUT2D eigenvalue weighted by atomic mass is 10.2. The monoisotopic (exact) mass is 210 g/mol. The highest BCUT2D eigenvalue weighted by atomic mass is 79.9. The van der Waals surface area contributed by atoms with Gasteiger partial charge in [-0.15, -0.1) is 4.98 Å². The van der Waals surface area contributed by atoms with Gasteiger partial charge in [-0.05, 0) is 19.9 Å². The molecule has 0 unspecified atom stereocenters. The van der Waals surface area contributed by atoms with E-state index in [2.05, 4.69) is 25.8 Å². The minimum absolute atomic E-state index is 0.444. The molecule has 0 bridgehead atoms. The van der Waals surface area contributed by atoms with E-state index in [0.29, 0.717) is 5.82 Å². The zero-order valence-corrected chi connectivity index (χ0v) is 7.94. The predicted octanol–water partition coefficient (Wildman–Crippen LogP) is 3.01. The van der Waals surface area contributed by atoms with Crippen LogP contribution in [0.5, 0.6) is 0 Å². The third-order valence-electron chi connectivity index (χ3n) is 1.57. The van der Waals surface area contributed by atoms with Crippen molar-refractivity contribution < 1.29 is 0 Å². The topological polar surface area (TPSA) is 17.2 Å². The largest absolute Gasteiger partial charge is 0.361 e. The first-order valence-corrected chi connectivity index (χ1v) is 3.95. The molecule has 0 aliphatic carbocycles. The van der Waals surface area contributed by atoms with Gasteiger partial charge in [-0.25, -0.2) is 0 Å². The summed E-state index contributed by atoms with van der Waals surface area (Å²) in [5.41, 5.74) is 2.19. The lowest BCUT2D eigenvalue weighted by Gasteiger charge is -1.98. The fraction of sp³-hybridized carbons (Fsp3) is 0.250. The van der Waals surface area contributed by atoms with Gasteiger partial charge >= 0.3 is 0 Å². The fourth-order valence-electron chi connectivity index (χ4n) is 0.739. The number of aromatic nitrogens is 1. The lowest BCUT2D eigenvalue weighted by Crippen LogP contribution is -1.85. The molecule has 0 saturated heterocycles. The van der Waals surface area contributed by atoms with E-state index in [1.54, 1.807) is 6.07 Å². The highest BCUT2D eigenvalue weighted by molar-refractivity contribution is 9.10. The van der Waals surface area contributed by atoms with Crippen molar-refractivity contribution >= 4 is 21.7 Å². The number of rotatable bonds is 0. The van der Waals surface area contributed by atoms with Crippen LogP contribution >= 0.6 is 15.9 Å². The van der Waals surface area contributed by atoms with Crippen molar-refractivity contribution in [3.8, 4) is 0 Å². The normalized spacial score (nSPS) is 9.27. The predicted molar refractivity (Wildman–Crippen MR) is 47.7 cm³/mol. The number of nitrogens with zero attached hydrogens (tertiary/aromatic N) is 2. The van der Waals surface area contributed by atoms with Crippen LogP contribution < -0.4 is 0 Å². The standard InChI is InChI=1S/C8H7BrN2/c1-5-4-7(10-3)11-8(9)6(5)2/h4H,1-2H3. The molecule has 0 aliphatic rings. The summed E-state index contributed by atoms with van der Waals surface area (Å²) >= 11 is 3.28. The van der Waals surface area contributed by atoms with Gasteiger partial charge in [0, 0.05) is 21.5 Å². The highest BCUT2D eigenvalue weighted by Gasteiger charge is 2.04. The Bertz CT molecular complexity index is 302. The lowest BCUT2D eigenvalue weighted by molar-refractivity contribution is 1.19. The molecule has 2 nitrogen and oxygen atoms in total. The smallest absolute Gasteiger partial charge is 0.271 e. The quantitative estimate of drug-likeness (QED) is 0.476.